The van der Waals surface area contributed by atoms with Gasteiger partial charge in [-0.15, -0.1) is 0 Å². The molecule has 3 aliphatic carbocycles. The Morgan fingerprint density at radius 1 is 1.42 bits per heavy atom. The molecule has 0 amide bonds. The maximum Gasteiger partial charge on any atom is 0.0748 e. The topological polar surface area (TPSA) is 27.1 Å². The molecule has 0 unspecified atom stereocenters. The number of hydrogen-bond donors (Lipinski definition) is 0. The fourth-order valence-corrected chi connectivity index (χ4v) is 2.65. The Balaban J connectivity index is 1.84. The molecule has 3 aliphatic rings. The number of ether oxygens (including phenoxy) is 1. The summed E-state index contributed by atoms with van der Waals surface area (Å²) in [6.07, 6.45) is 7.35. The van der Waals surface area contributed by atoms with Gasteiger partial charge in [0, 0.05) is 38.8 Å². The van der Waals surface area contributed by atoms with Crippen molar-refractivity contribution in [2.45, 2.75) is 30.4 Å². The first-order chi connectivity index (χ1) is 5.79. The maximum atomic E-state index is 5.42. The summed E-state index contributed by atoms with van der Waals surface area (Å²) in [6.45, 7) is 0. The largest absolute Gasteiger partial charge is 0.378 e. The van der Waals surface area contributed by atoms with Crippen LogP contribution in [0.5, 0.6) is 0 Å². The van der Waals surface area contributed by atoms with E-state index < -0.39 is 0 Å². The van der Waals surface area contributed by atoms with E-state index in [9.17, 15) is 0 Å². The van der Waals surface area contributed by atoms with Gasteiger partial charge in [0.1, 0.15) is 0 Å². The summed E-state index contributed by atoms with van der Waals surface area (Å²) in [5, 5.41) is 4.27. The molecule has 0 aromatic carbocycles. The highest BCUT2D eigenvalue weighted by atomic mass is 16.5. The summed E-state index contributed by atoms with van der Waals surface area (Å²) in [4.78, 5) is 0. The minimum absolute atomic E-state index is 0.228. The molecule has 0 spiro atoms. The third-order valence-electron chi connectivity index (χ3n) is 3.38. The molecule has 3 heteroatoms. The zero-order chi connectivity index (χ0) is 8.23. The van der Waals surface area contributed by atoms with Crippen LogP contribution >= 0.6 is 0 Å². The van der Waals surface area contributed by atoms with Crippen LogP contribution in [0.1, 0.15) is 19.3 Å². The van der Waals surface area contributed by atoms with Gasteiger partial charge in [-0.05, 0) is 6.07 Å². The van der Waals surface area contributed by atoms with Crippen LogP contribution in [0.25, 0.3) is 0 Å². The molecule has 4 rings (SSSR count). The van der Waals surface area contributed by atoms with Crippen molar-refractivity contribution in [2.24, 2.45) is 0 Å². The minimum atomic E-state index is 0.228. The number of rotatable bonds is 2. The summed E-state index contributed by atoms with van der Waals surface area (Å²) < 4.78 is 7.51. The first-order valence-electron chi connectivity index (χ1n) is 4.34. The first-order valence-corrected chi connectivity index (χ1v) is 4.34. The highest BCUT2D eigenvalue weighted by Gasteiger charge is 2.70. The van der Waals surface area contributed by atoms with Crippen LogP contribution in [-0.2, 0) is 10.3 Å². The molecule has 1 aromatic heterocycles. The lowest BCUT2D eigenvalue weighted by Crippen LogP contribution is -2.73. The zero-order valence-corrected chi connectivity index (χ0v) is 7.16. The molecular weight excluding hydrogens is 152 g/mol. The Morgan fingerprint density at radius 3 is 2.67 bits per heavy atom. The molecular formula is C9H12N2O. The van der Waals surface area contributed by atoms with Crippen LogP contribution < -0.4 is 0 Å². The average molecular weight is 164 g/mol. The maximum absolute atomic E-state index is 5.42. The fraction of sp³-hybridized carbons (Fsp3) is 0.667. The van der Waals surface area contributed by atoms with Crippen molar-refractivity contribution < 1.29 is 4.74 Å². The minimum Gasteiger partial charge on any atom is -0.378 e. The Kier molecular flexibility index (Phi) is 0.966. The standard InChI is InChI=1S/C9H12N2O/c1-12-9-5-8(6-9,7-9)11-4-2-3-10-11/h2-4H,5-7H2,1H3. The lowest BCUT2D eigenvalue weighted by molar-refractivity contribution is -0.265. The van der Waals surface area contributed by atoms with Crippen LogP contribution in [0.3, 0.4) is 0 Å². The smallest absolute Gasteiger partial charge is 0.0748 e. The molecule has 3 nitrogen and oxygen atoms in total. The summed E-state index contributed by atoms with van der Waals surface area (Å²) in [6, 6.07) is 1.99. The van der Waals surface area contributed by atoms with Crippen molar-refractivity contribution in [2.75, 3.05) is 7.11 Å². The van der Waals surface area contributed by atoms with E-state index in [0.717, 1.165) is 19.3 Å². The van der Waals surface area contributed by atoms with Crippen molar-refractivity contribution in [3.05, 3.63) is 18.5 Å². The monoisotopic (exact) mass is 164 g/mol. The van der Waals surface area contributed by atoms with Crippen molar-refractivity contribution in [1.29, 1.82) is 0 Å². The summed E-state index contributed by atoms with van der Waals surface area (Å²) >= 11 is 0. The van der Waals surface area contributed by atoms with Crippen molar-refractivity contribution in [1.82, 2.24) is 9.78 Å². The predicted octanol–water partition coefficient (Wildman–Crippen LogP) is 1.16. The fourth-order valence-electron chi connectivity index (χ4n) is 2.65. The first kappa shape index (κ1) is 6.66. The molecule has 12 heavy (non-hydrogen) atoms. The van der Waals surface area contributed by atoms with Crippen LogP contribution in [0.2, 0.25) is 0 Å². The van der Waals surface area contributed by atoms with E-state index in [0.29, 0.717) is 5.54 Å². The molecule has 0 aliphatic heterocycles. The SMILES string of the molecule is COC12CC(n3cccn3)(C1)C2. The molecule has 2 bridgehead atoms. The van der Waals surface area contributed by atoms with Gasteiger partial charge in [-0.1, -0.05) is 0 Å². The Morgan fingerprint density at radius 2 is 2.17 bits per heavy atom. The molecule has 1 aromatic rings. The lowest BCUT2D eigenvalue weighted by Gasteiger charge is -2.68. The molecule has 1 heterocycles. The second-order valence-electron chi connectivity index (χ2n) is 4.09. The number of nitrogens with zero attached hydrogens (tertiary/aromatic N) is 2. The summed E-state index contributed by atoms with van der Waals surface area (Å²) in [5.74, 6) is 0. The third-order valence-corrected chi connectivity index (χ3v) is 3.38. The lowest BCUT2D eigenvalue weighted by atomic mass is 9.46. The number of methoxy groups -OCH3 is 1. The van der Waals surface area contributed by atoms with Crippen molar-refractivity contribution >= 4 is 0 Å². The molecule has 3 fully saturated rings. The zero-order valence-electron chi connectivity index (χ0n) is 7.16. The van der Waals surface area contributed by atoms with Crippen LogP contribution in [-0.4, -0.2) is 22.5 Å². The molecule has 0 radical (unpaired) electrons. The molecule has 0 N–H and O–H groups in total. The van der Waals surface area contributed by atoms with Gasteiger partial charge in [0.15, 0.2) is 0 Å². The van der Waals surface area contributed by atoms with Gasteiger partial charge in [0.05, 0.1) is 11.1 Å². The molecule has 3 saturated carbocycles. The van der Waals surface area contributed by atoms with E-state index in [1.54, 1.807) is 0 Å². The second kappa shape index (κ2) is 1.74. The summed E-state index contributed by atoms with van der Waals surface area (Å²) in [5.41, 5.74) is 0.561. The Bertz CT molecular complexity index is 285. The van der Waals surface area contributed by atoms with Gasteiger partial charge in [-0.25, -0.2) is 0 Å². The van der Waals surface area contributed by atoms with Crippen LogP contribution in [0, 0.1) is 0 Å². The van der Waals surface area contributed by atoms with Gasteiger partial charge in [-0.2, -0.15) is 5.10 Å². The molecule has 0 saturated heterocycles. The van der Waals surface area contributed by atoms with E-state index >= 15 is 0 Å². The van der Waals surface area contributed by atoms with Crippen molar-refractivity contribution in [3.8, 4) is 0 Å². The molecule has 0 atom stereocenters. The number of aromatic nitrogens is 2. The third kappa shape index (κ3) is 0.556. The van der Waals surface area contributed by atoms with Crippen LogP contribution in [0.15, 0.2) is 18.5 Å². The molecule has 64 valence electrons. The van der Waals surface area contributed by atoms with E-state index in [1.165, 1.54) is 0 Å². The summed E-state index contributed by atoms with van der Waals surface area (Å²) in [7, 11) is 1.81. The van der Waals surface area contributed by atoms with Crippen LogP contribution in [0.4, 0.5) is 0 Å². The second-order valence-corrected chi connectivity index (χ2v) is 4.09. The van der Waals surface area contributed by atoms with Crippen molar-refractivity contribution in [3.63, 3.8) is 0 Å². The van der Waals surface area contributed by atoms with E-state index in [2.05, 4.69) is 16.0 Å². The van der Waals surface area contributed by atoms with E-state index in [1.807, 2.05) is 19.4 Å². The normalized spacial score (nSPS) is 43.4. The Labute approximate surface area is 71.3 Å². The van der Waals surface area contributed by atoms with E-state index in [-0.39, 0.29) is 5.60 Å². The van der Waals surface area contributed by atoms with Gasteiger partial charge in [0.25, 0.3) is 0 Å². The van der Waals surface area contributed by atoms with Gasteiger partial charge in [0.2, 0.25) is 0 Å². The predicted molar refractivity (Wildman–Crippen MR) is 43.8 cm³/mol. The van der Waals surface area contributed by atoms with E-state index in [4.69, 9.17) is 4.74 Å². The average Bonchev–Trinajstić information content (AvgIpc) is 2.35. The van der Waals surface area contributed by atoms with Gasteiger partial charge < -0.3 is 4.74 Å². The Hall–Kier alpha value is -0.830. The quantitative estimate of drug-likeness (QED) is 0.656. The number of hydrogen-bond acceptors (Lipinski definition) is 2. The highest BCUT2D eigenvalue weighted by Crippen LogP contribution is 2.66. The van der Waals surface area contributed by atoms with Gasteiger partial charge in [-0.3, -0.25) is 4.68 Å². The highest BCUT2D eigenvalue weighted by molar-refractivity contribution is 5.23. The van der Waals surface area contributed by atoms with Gasteiger partial charge >= 0.3 is 0 Å².